The molecule has 2 aliphatic heterocycles. The molecule has 0 aliphatic carbocycles. The maximum atomic E-state index is 14.2. The van der Waals surface area contributed by atoms with Crippen molar-refractivity contribution in [3.63, 3.8) is 0 Å². The Morgan fingerprint density at radius 3 is 2.27 bits per heavy atom. The molecule has 2 heterocycles. The third-order valence-electron chi connectivity index (χ3n) is 10.9. The van der Waals surface area contributed by atoms with Gasteiger partial charge in [-0.2, -0.15) is 13.2 Å². The summed E-state index contributed by atoms with van der Waals surface area (Å²) in [5, 5.41) is 3.33. The number of piperidine rings is 1. The summed E-state index contributed by atoms with van der Waals surface area (Å²) in [5.41, 5.74) is 2.27. The summed E-state index contributed by atoms with van der Waals surface area (Å²) in [4.78, 5) is 18.1. The van der Waals surface area contributed by atoms with Crippen molar-refractivity contribution in [1.29, 1.82) is 0 Å². The number of hydrogen-bond acceptors (Lipinski definition) is 7. The summed E-state index contributed by atoms with van der Waals surface area (Å²) in [6.45, 7) is 2.75. The van der Waals surface area contributed by atoms with Crippen LogP contribution in [0.4, 0.5) is 23.7 Å². The Morgan fingerprint density at radius 1 is 0.893 bits per heavy atom. The van der Waals surface area contributed by atoms with E-state index in [1.165, 1.54) is 49.5 Å². The number of methoxy groups -OCH3 is 3. The number of likely N-dealkylation sites (N-methyl/N-ethyl adjacent to an activating group) is 1. The van der Waals surface area contributed by atoms with Gasteiger partial charge in [-0.1, -0.05) is 59.6 Å². The van der Waals surface area contributed by atoms with Crippen LogP contribution in [0.1, 0.15) is 53.5 Å². The lowest BCUT2D eigenvalue weighted by Crippen LogP contribution is -2.52. The molecule has 4 aromatic carbocycles. The monoisotopic (exact) mass is 831 g/mol. The fraction of sp³-hybridized carbons (Fsp3) is 0.405. The summed E-state index contributed by atoms with van der Waals surface area (Å²) >= 11 is 15.1. The van der Waals surface area contributed by atoms with Crippen molar-refractivity contribution >= 4 is 46.7 Å². The number of fused-ring (bicyclic) bond motifs is 2. The first-order valence-corrected chi connectivity index (χ1v) is 20.1. The minimum absolute atomic E-state index is 0.00463. The Morgan fingerprint density at radius 2 is 1.61 bits per heavy atom. The van der Waals surface area contributed by atoms with E-state index in [0.29, 0.717) is 45.7 Å². The second-order valence-electron chi connectivity index (χ2n) is 14.1. The first kappa shape index (κ1) is 41.8. The Balaban J connectivity index is 1.28. The number of hydrogen-bond donors (Lipinski definition) is 1. The molecular weight excluding hydrogens is 786 g/mol. The average Bonchev–Trinajstić information content (AvgIpc) is 3.55. The number of rotatable bonds is 14. The normalized spacial score (nSPS) is 16.2. The van der Waals surface area contributed by atoms with Gasteiger partial charge < -0.3 is 34.1 Å². The second kappa shape index (κ2) is 17.8. The number of carbonyl (C=O) groups excluding carboxylic acids is 1. The summed E-state index contributed by atoms with van der Waals surface area (Å²) in [6.07, 6.45) is -1.38. The van der Waals surface area contributed by atoms with Crippen molar-refractivity contribution in [2.75, 3.05) is 59.9 Å². The molecule has 0 radical (unpaired) electrons. The van der Waals surface area contributed by atoms with Crippen LogP contribution in [-0.4, -0.2) is 70.4 Å². The van der Waals surface area contributed by atoms with Gasteiger partial charge >= 0.3 is 12.2 Å². The number of halogens is 5. The van der Waals surface area contributed by atoms with Gasteiger partial charge in [0.2, 0.25) is 5.75 Å². The molecule has 4 aromatic rings. The number of ether oxygens (including phenoxy) is 4. The predicted molar refractivity (Wildman–Crippen MR) is 216 cm³/mol. The molecule has 0 unspecified atom stereocenters. The molecule has 56 heavy (non-hydrogen) atoms. The SMILES string of the molecule is COc1cc(COC[C@](CCCN2CCC3(CC2)SCc2ccccc23)(c2ccc(Cl)c(Cl)c2)N(C)C(=O)Nc2cccc(C(F)(F)F)c2)cc(OC)c1OC. The van der Waals surface area contributed by atoms with E-state index in [-0.39, 0.29) is 23.6 Å². The van der Waals surface area contributed by atoms with E-state index in [4.69, 9.17) is 42.1 Å². The van der Waals surface area contributed by atoms with Crippen LogP contribution >= 0.6 is 35.0 Å². The molecule has 1 N–H and O–H groups in total. The maximum absolute atomic E-state index is 14.2. The number of anilines is 1. The molecule has 1 fully saturated rings. The number of nitrogens with one attached hydrogen (secondary N) is 1. The van der Waals surface area contributed by atoms with Crippen LogP contribution in [-0.2, 0) is 33.6 Å². The van der Waals surface area contributed by atoms with Gasteiger partial charge in [0.15, 0.2) is 11.5 Å². The van der Waals surface area contributed by atoms with E-state index < -0.39 is 23.3 Å². The molecule has 14 heteroatoms. The van der Waals surface area contributed by atoms with Gasteiger partial charge in [0, 0.05) is 23.2 Å². The van der Waals surface area contributed by atoms with Crippen LogP contribution in [0.25, 0.3) is 0 Å². The largest absolute Gasteiger partial charge is 0.493 e. The van der Waals surface area contributed by atoms with Gasteiger partial charge in [0.25, 0.3) is 0 Å². The lowest BCUT2D eigenvalue weighted by atomic mass is 9.83. The highest BCUT2D eigenvalue weighted by Crippen LogP contribution is 2.53. The van der Waals surface area contributed by atoms with E-state index in [0.717, 1.165) is 55.9 Å². The Bertz CT molecular complexity index is 1990. The van der Waals surface area contributed by atoms with E-state index in [2.05, 4.69) is 34.5 Å². The van der Waals surface area contributed by atoms with Crippen LogP contribution < -0.4 is 19.5 Å². The molecule has 2 amide bonds. The van der Waals surface area contributed by atoms with Crippen LogP contribution in [0.3, 0.4) is 0 Å². The van der Waals surface area contributed by atoms with Crippen molar-refractivity contribution in [2.45, 2.75) is 54.5 Å². The molecule has 300 valence electrons. The van der Waals surface area contributed by atoms with Gasteiger partial charge in [-0.15, -0.1) is 11.8 Å². The smallest absolute Gasteiger partial charge is 0.416 e. The first-order valence-electron chi connectivity index (χ1n) is 18.3. The van der Waals surface area contributed by atoms with E-state index in [1.807, 2.05) is 17.8 Å². The zero-order valence-corrected chi connectivity index (χ0v) is 34.1. The number of urea groups is 1. The maximum Gasteiger partial charge on any atom is 0.416 e. The van der Waals surface area contributed by atoms with Gasteiger partial charge in [-0.25, -0.2) is 4.79 Å². The topological polar surface area (TPSA) is 72.5 Å². The minimum atomic E-state index is -4.58. The van der Waals surface area contributed by atoms with Crippen LogP contribution in [0.15, 0.2) is 78.9 Å². The molecule has 1 saturated heterocycles. The van der Waals surface area contributed by atoms with Crippen molar-refractivity contribution in [3.8, 4) is 17.2 Å². The molecular formula is C42H46Cl2F3N3O5S. The number of thioether (sulfide) groups is 1. The zero-order chi connectivity index (χ0) is 40.1. The first-order chi connectivity index (χ1) is 26.8. The molecule has 0 bridgehead atoms. The molecule has 0 saturated carbocycles. The highest BCUT2D eigenvalue weighted by Gasteiger charge is 2.43. The fourth-order valence-electron chi connectivity index (χ4n) is 7.81. The molecule has 8 nitrogen and oxygen atoms in total. The Hall–Kier alpha value is -3.81. The molecule has 1 atom stereocenters. The van der Waals surface area contributed by atoms with Crippen LogP contribution in [0, 0.1) is 0 Å². The quantitative estimate of drug-likeness (QED) is 0.136. The van der Waals surface area contributed by atoms with E-state index in [1.54, 1.807) is 31.3 Å². The van der Waals surface area contributed by atoms with Crippen molar-refractivity contribution in [2.24, 2.45) is 0 Å². The summed E-state index contributed by atoms with van der Waals surface area (Å²) in [7, 11) is 6.20. The summed E-state index contributed by atoms with van der Waals surface area (Å²) in [5.74, 6) is 2.39. The molecule has 6 rings (SSSR count). The lowest BCUT2D eigenvalue weighted by Gasteiger charge is -2.43. The molecule has 2 aliphatic rings. The highest BCUT2D eigenvalue weighted by atomic mass is 35.5. The number of nitrogens with zero attached hydrogens (tertiary/aromatic N) is 2. The number of carbonyl (C=O) groups is 1. The van der Waals surface area contributed by atoms with Crippen molar-refractivity contribution in [1.82, 2.24) is 9.80 Å². The molecule has 1 spiro atoms. The predicted octanol–water partition coefficient (Wildman–Crippen LogP) is 10.6. The average molecular weight is 833 g/mol. The van der Waals surface area contributed by atoms with Crippen LogP contribution in [0.5, 0.6) is 17.2 Å². The number of amides is 2. The zero-order valence-electron chi connectivity index (χ0n) is 31.8. The number of likely N-dealkylation sites (tertiary alicyclic amines) is 1. The Labute approximate surface area is 340 Å². The molecule has 0 aromatic heterocycles. The highest BCUT2D eigenvalue weighted by molar-refractivity contribution is 7.99. The number of benzene rings is 4. The van der Waals surface area contributed by atoms with Gasteiger partial charge in [0.05, 0.1) is 55.7 Å². The third-order valence-corrected chi connectivity index (χ3v) is 13.3. The van der Waals surface area contributed by atoms with Gasteiger partial charge in [0.1, 0.15) is 0 Å². The Kier molecular flexibility index (Phi) is 13.3. The van der Waals surface area contributed by atoms with Gasteiger partial charge in [-0.3, -0.25) is 0 Å². The van der Waals surface area contributed by atoms with Crippen molar-refractivity contribution < 1.29 is 36.9 Å². The minimum Gasteiger partial charge on any atom is -0.493 e. The number of alkyl halides is 3. The van der Waals surface area contributed by atoms with Crippen LogP contribution in [0.2, 0.25) is 10.0 Å². The summed E-state index contributed by atoms with van der Waals surface area (Å²) < 4.78 is 64.1. The lowest BCUT2D eigenvalue weighted by molar-refractivity contribution is -0.137. The third kappa shape index (κ3) is 9.00. The standard InChI is InChI=1S/C42H46Cl2F3N3O5S/c1-49(39(51)48-32-11-7-10-31(23-32)42(45,46)47)40(30-13-14-34(43)35(44)24-30,27-55-25-28-21-36(52-2)38(54-4)37(22-28)53-3)15-8-18-50-19-16-41(17-20-50)33-12-6-5-9-29(33)26-56-41/h5-7,9-14,21-24H,8,15-20,25-27H2,1-4H3,(H,48,51)/t40-/m1/s1. The van der Waals surface area contributed by atoms with Gasteiger partial charge in [-0.05, 0) is 110 Å². The van der Waals surface area contributed by atoms with E-state index in [9.17, 15) is 18.0 Å². The fourth-order valence-corrected chi connectivity index (χ4v) is 9.61. The summed E-state index contributed by atoms with van der Waals surface area (Å²) in [6, 6.07) is 21.5. The second-order valence-corrected chi connectivity index (χ2v) is 16.3. The van der Waals surface area contributed by atoms with E-state index >= 15 is 0 Å². The van der Waals surface area contributed by atoms with Crippen molar-refractivity contribution in [3.05, 3.63) is 117 Å².